The van der Waals surface area contributed by atoms with E-state index in [2.05, 4.69) is 4.98 Å². The van der Waals surface area contributed by atoms with E-state index >= 15 is 4.39 Å². The van der Waals surface area contributed by atoms with Crippen molar-refractivity contribution in [2.24, 2.45) is 0 Å². The number of carbonyl (C=O) groups excluding carboxylic acids is 1. The standard InChI is InChI=1S/C21H18FN3O/c1-13-15(5-3-9-23-13)14-11-16(22)19-18(12-14)25-10-4-6-17(25)20(26)24(2)21(19)7-8-21/h3-6,9-12H,7-8H2,1-2H3. The average Bonchev–Trinajstić information content (AvgIpc) is 3.29. The monoisotopic (exact) mass is 347 g/mol. The summed E-state index contributed by atoms with van der Waals surface area (Å²) in [5.74, 6) is -0.332. The number of hydrogen-bond acceptors (Lipinski definition) is 2. The molecule has 1 amide bonds. The number of pyridine rings is 1. The second-order valence-corrected chi connectivity index (χ2v) is 7.15. The lowest BCUT2D eigenvalue weighted by Crippen LogP contribution is -2.36. The molecule has 2 aromatic heterocycles. The summed E-state index contributed by atoms with van der Waals surface area (Å²) in [6, 6.07) is 11.0. The molecule has 26 heavy (non-hydrogen) atoms. The maximum Gasteiger partial charge on any atom is 0.271 e. The topological polar surface area (TPSA) is 38.1 Å². The number of halogens is 1. The third-order valence-corrected chi connectivity index (χ3v) is 5.75. The SMILES string of the molecule is Cc1ncccc1-c1cc(F)c2c(c1)-n1cccc1C(=O)N(C)C21CC1. The van der Waals surface area contributed by atoms with Crippen LogP contribution in [-0.4, -0.2) is 27.4 Å². The van der Waals surface area contributed by atoms with Gasteiger partial charge >= 0.3 is 0 Å². The first-order valence-electron chi connectivity index (χ1n) is 8.75. The highest BCUT2D eigenvalue weighted by atomic mass is 19.1. The zero-order valence-corrected chi connectivity index (χ0v) is 14.7. The summed E-state index contributed by atoms with van der Waals surface area (Å²) < 4.78 is 17.2. The predicted octanol–water partition coefficient (Wildman–Crippen LogP) is 4.06. The number of nitrogens with zero attached hydrogens (tertiary/aromatic N) is 3. The number of fused-ring (bicyclic) bond motifs is 4. The molecule has 1 aliphatic heterocycles. The van der Waals surface area contributed by atoms with Gasteiger partial charge in [-0.15, -0.1) is 0 Å². The van der Waals surface area contributed by atoms with E-state index in [0.717, 1.165) is 35.3 Å². The molecule has 0 bridgehead atoms. The van der Waals surface area contributed by atoms with Crippen LogP contribution in [0.4, 0.5) is 4.39 Å². The Morgan fingerprint density at radius 1 is 1.19 bits per heavy atom. The second kappa shape index (κ2) is 5.04. The first-order valence-corrected chi connectivity index (χ1v) is 8.75. The van der Waals surface area contributed by atoms with Gasteiger partial charge in [0.1, 0.15) is 11.5 Å². The second-order valence-electron chi connectivity index (χ2n) is 7.15. The van der Waals surface area contributed by atoms with Crippen LogP contribution in [0, 0.1) is 12.7 Å². The highest BCUT2D eigenvalue weighted by Gasteiger charge is 2.54. The molecule has 0 N–H and O–H groups in total. The summed E-state index contributed by atoms with van der Waals surface area (Å²) >= 11 is 0. The number of amides is 1. The Morgan fingerprint density at radius 2 is 2.00 bits per heavy atom. The van der Waals surface area contributed by atoms with Gasteiger partial charge in [-0.05, 0) is 55.7 Å². The van der Waals surface area contributed by atoms with E-state index < -0.39 is 5.54 Å². The Morgan fingerprint density at radius 3 is 2.73 bits per heavy atom. The summed E-state index contributed by atoms with van der Waals surface area (Å²) in [6.07, 6.45) is 5.14. The Labute approximate surface area is 150 Å². The molecular weight excluding hydrogens is 329 g/mol. The van der Waals surface area contributed by atoms with Crippen LogP contribution in [0.1, 0.15) is 34.6 Å². The average molecular weight is 347 g/mol. The first-order chi connectivity index (χ1) is 12.5. The van der Waals surface area contributed by atoms with Gasteiger partial charge in [0.15, 0.2) is 0 Å². The highest BCUT2D eigenvalue weighted by molar-refractivity contribution is 5.95. The molecule has 4 nitrogen and oxygen atoms in total. The van der Waals surface area contributed by atoms with E-state index in [1.54, 1.807) is 30.3 Å². The number of carbonyl (C=O) groups is 1. The molecule has 5 rings (SSSR count). The molecule has 0 unspecified atom stereocenters. The summed E-state index contributed by atoms with van der Waals surface area (Å²) in [4.78, 5) is 18.9. The Bertz CT molecular complexity index is 1060. The zero-order valence-electron chi connectivity index (χ0n) is 14.7. The summed E-state index contributed by atoms with van der Waals surface area (Å²) in [5, 5.41) is 0. The Kier molecular flexibility index (Phi) is 2.97. The van der Waals surface area contributed by atoms with Gasteiger partial charge in [0.25, 0.3) is 5.91 Å². The molecule has 130 valence electrons. The van der Waals surface area contributed by atoms with Crippen molar-refractivity contribution < 1.29 is 9.18 Å². The van der Waals surface area contributed by atoms with Crippen LogP contribution in [0.5, 0.6) is 0 Å². The number of aromatic nitrogens is 2. The molecule has 1 fully saturated rings. The fourth-order valence-corrected chi connectivity index (χ4v) is 4.19. The summed E-state index contributed by atoms with van der Waals surface area (Å²) in [6.45, 7) is 1.92. The van der Waals surface area contributed by atoms with Gasteiger partial charge in [-0.25, -0.2) is 4.39 Å². The van der Waals surface area contributed by atoms with Crippen LogP contribution in [0.3, 0.4) is 0 Å². The third kappa shape index (κ3) is 1.88. The van der Waals surface area contributed by atoms with E-state index in [1.165, 1.54) is 0 Å². The van der Waals surface area contributed by atoms with Gasteiger partial charge in [0.05, 0.1) is 11.2 Å². The number of hydrogen-bond donors (Lipinski definition) is 0. The van der Waals surface area contributed by atoms with Gasteiger partial charge in [0.2, 0.25) is 0 Å². The molecule has 1 saturated carbocycles. The zero-order chi connectivity index (χ0) is 18.1. The van der Waals surface area contributed by atoms with Gasteiger partial charge in [0, 0.05) is 36.3 Å². The van der Waals surface area contributed by atoms with E-state index in [0.29, 0.717) is 11.3 Å². The molecule has 5 heteroatoms. The minimum absolute atomic E-state index is 0.0674. The first kappa shape index (κ1) is 15.3. The van der Waals surface area contributed by atoms with Gasteiger partial charge in [-0.2, -0.15) is 0 Å². The molecule has 1 aromatic carbocycles. The number of aryl methyl sites for hydroxylation is 1. The van der Waals surface area contributed by atoms with Crippen molar-refractivity contribution in [3.05, 3.63) is 71.6 Å². The molecular formula is C21H18FN3O. The van der Waals surface area contributed by atoms with Crippen molar-refractivity contribution in [2.45, 2.75) is 25.3 Å². The van der Waals surface area contributed by atoms with E-state index in [1.807, 2.05) is 42.0 Å². The van der Waals surface area contributed by atoms with Crippen LogP contribution in [0.15, 0.2) is 48.8 Å². The van der Waals surface area contributed by atoms with Crippen LogP contribution in [0.25, 0.3) is 16.8 Å². The third-order valence-electron chi connectivity index (χ3n) is 5.75. The maximum atomic E-state index is 15.4. The lowest BCUT2D eigenvalue weighted by Gasteiger charge is -2.27. The quantitative estimate of drug-likeness (QED) is 0.666. The van der Waals surface area contributed by atoms with Gasteiger partial charge in [-0.3, -0.25) is 9.78 Å². The largest absolute Gasteiger partial charge is 0.330 e. The lowest BCUT2D eigenvalue weighted by molar-refractivity contribution is 0.0702. The van der Waals surface area contributed by atoms with Crippen LogP contribution < -0.4 is 0 Å². The summed E-state index contributed by atoms with van der Waals surface area (Å²) in [7, 11) is 1.78. The predicted molar refractivity (Wildman–Crippen MR) is 96.7 cm³/mol. The normalized spacial score (nSPS) is 17.0. The molecule has 3 aromatic rings. The smallest absolute Gasteiger partial charge is 0.271 e. The van der Waals surface area contributed by atoms with Crippen molar-refractivity contribution in [3.63, 3.8) is 0 Å². The fraction of sp³-hybridized carbons (Fsp3) is 0.238. The number of benzene rings is 1. The molecule has 0 radical (unpaired) electrons. The van der Waals surface area contributed by atoms with Crippen molar-refractivity contribution in [3.8, 4) is 16.8 Å². The molecule has 1 aliphatic carbocycles. The molecule has 0 atom stereocenters. The molecule has 2 aliphatic rings. The maximum absolute atomic E-state index is 15.4. The fourth-order valence-electron chi connectivity index (χ4n) is 4.19. The van der Waals surface area contributed by atoms with E-state index in [9.17, 15) is 4.79 Å². The van der Waals surface area contributed by atoms with Crippen molar-refractivity contribution >= 4 is 5.91 Å². The minimum Gasteiger partial charge on any atom is -0.330 e. The van der Waals surface area contributed by atoms with Gasteiger partial charge in [-0.1, -0.05) is 6.07 Å². The molecule has 3 heterocycles. The lowest BCUT2D eigenvalue weighted by atomic mass is 9.95. The van der Waals surface area contributed by atoms with Crippen LogP contribution in [0.2, 0.25) is 0 Å². The number of rotatable bonds is 1. The Balaban J connectivity index is 1.84. The van der Waals surface area contributed by atoms with Crippen molar-refractivity contribution in [2.75, 3.05) is 7.05 Å². The van der Waals surface area contributed by atoms with Crippen LogP contribution >= 0.6 is 0 Å². The van der Waals surface area contributed by atoms with Crippen LogP contribution in [-0.2, 0) is 5.54 Å². The summed E-state index contributed by atoms with van der Waals surface area (Å²) in [5.41, 5.74) is 3.93. The molecule has 0 saturated heterocycles. The Hall–Kier alpha value is -2.95. The van der Waals surface area contributed by atoms with Gasteiger partial charge < -0.3 is 9.47 Å². The highest BCUT2D eigenvalue weighted by Crippen LogP contribution is 2.55. The minimum atomic E-state index is -0.530. The van der Waals surface area contributed by atoms with Crippen molar-refractivity contribution in [1.29, 1.82) is 0 Å². The molecule has 1 spiro atoms. The van der Waals surface area contributed by atoms with E-state index in [-0.39, 0.29) is 11.7 Å². The van der Waals surface area contributed by atoms with Crippen molar-refractivity contribution in [1.82, 2.24) is 14.5 Å². The van der Waals surface area contributed by atoms with E-state index in [4.69, 9.17) is 0 Å².